The molecular formula is C21H24N4O3. The van der Waals surface area contributed by atoms with Crippen LogP contribution in [0.4, 0.5) is 11.6 Å². The van der Waals surface area contributed by atoms with Gasteiger partial charge in [0.1, 0.15) is 5.69 Å². The van der Waals surface area contributed by atoms with E-state index >= 15 is 0 Å². The van der Waals surface area contributed by atoms with Gasteiger partial charge in [-0.15, -0.1) is 0 Å². The van der Waals surface area contributed by atoms with Crippen molar-refractivity contribution < 1.29 is 14.3 Å². The Hall–Kier alpha value is -2.51. The molecule has 0 radical (unpaired) electrons. The number of piperidine rings is 1. The summed E-state index contributed by atoms with van der Waals surface area (Å²) in [4.78, 5) is 26.3. The quantitative estimate of drug-likeness (QED) is 0.797. The Bertz CT molecular complexity index is 900. The van der Waals surface area contributed by atoms with Crippen molar-refractivity contribution in [3.8, 4) is 0 Å². The SMILES string of the molecule is Cc1cc(C(=O)N2CCc3ccccc32)nc(N2CCC3(CC2)OCCO3)n1. The van der Waals surface area contributed by atoms with Gasteiger partial charge >= 0.3 is 0 Å². The third-order valence-corrected chi connectivity index (χ3v) is 5.82. The molecule has 0 aliphatic carbocycles. The molecule has 1 aromatic heterocycles. The molecule has 0 saturated carbocycles. The summed E-state index contributed by atoms with van der Waals surface area (Å²) in [6.45, 7) is 5.44. The Labute approximate surface area is 164 Å². The molecule has 3 aliphatic rings. The van der Waals surface area contributed by atoms with E-state index in [1.54, 1.807) is 6.07 Å². The number of carbonyl (C=O) groups is 1. The van der Waals surface area contributed by atoms with Crippen LogP contribution < -0.4 is 9.80 Å². The molecule has 0 unspecified atom stereocenters. The molecule has 5 rings (SSSR count). The zero-order valence-electron chi connectivity index (χ0n) is 16.1. The van der Waals surface area contributed by atoms with Crippen LogP contribution in [0.3, 0.4) is 0 Å². The van der Waals surface area contributed by atoms with E-state index in [1.165, 1.54) is 5.56 Å². The Morgan fingerprint density at radius 3 is 2.61 bits per heavy atom. The van der Waals surface area contributed by atoms with Gasteiger partial charge in [0.15, 0.2) is 5.79 Å². The predicted octanol–water partition coefficient (Wildman–Crippen LogP) is 2.33. The highest BCUT2D eigenvalue weighted by molar-refractivity contribution is 6.06. The summed E-state index contributed by atoms with van der Waals surface area (Å²) in [5.41, 5.74) is 3.45. The molecule has 4 heterocycles. The molecule has 1 amide bonds. The number of ether oxygens (including phenoxy) is 2. The second kappa shape index (κ2) is 6.83. The van der Waals surface area contributed by atoms with Crippen molar-refractivity contribution in [2.24, 2.45) is 0 Å². The third kappa shape index (κ3) is 3.04. The van der Waals surface area contributed by atoms with Gasteiger partial charge in [0, 0.05) is 43.9 Å². The molecule has 0 bridgehead atoms. The summed E-state index contributed by atoms with van der Waals surface area (Å²) in [6, 6.07) is 9.84. The minimum absolute atomic E-state index is 0.0624. The van der Waals surface area contributed by atoms with Crippen LogP contribution in [0.5, 0.6) is 0 Å². The number of aryl methyl sites for hydroxylation is 1. The van der Waals surface area contributed by atoms with Crippen LogP contribution in [0.25, 0.3) is 0 Å². The van der Waals surface area contributed by atoms with Gasteiger partial charge in [0.05, 0.1) is 13.2 Å². The maximum Gasteiger partial charge on any atom is 0.277 e. The van der Waals surface area contributed by atoms with Gasteiger partial charge in [-0.2, -0.15) is 0 Å². The first kappa shape index (κ1) is 17.6. The number of nitrogens with zero attached hydrogens (tertiary/aromatic N) is 4. The second-order valence-corrected chi connectivity index (χ2v) is 7.62. The second-order valence-electron chi connectivity index (χ2n) is 7.62. The van der Waals surface area contributed by atoms with Crippen molar-refractivity contribution in [1.82, 2.24) is 9.97 Å². The number of fused-ring (bicyclic) bond motifs is 1. The Balaban J connectivity index is 1.37. The Morgan fingerprint density at radius 2 is 1.82 bits per heavy atom. The van der Waals surface area contributed by atoms with E-state index in [-0.39, 0.29) is 5.91 Å². The van der Waals surface area contributed by atoms with Crippen molar-refractivity contribution in [2.75, 3.05) is 42.6 Å². The minimum atomic E-state index is -0.432. The smallest absolute Gasteiger partial charge is 0.277 e. The number of rotatable bonds is 2. The maximum absolute atomic E-state index is 13.2. The molecule has 1 spiro atoms. The molecule has 0 atom stereocenters. The van der Waals surface area contributed by atoms with Crippen LogP contribution in [-0.4, -0.2) is 54.5 Å². The average Bonchev–Trinajstić information content (AvgIpc) is 3.35. The number of carbonyl (C=O) groups excluding carboxylic acids is 1. The van der Waals surface area contributed by atoms with Gasteiger partial charge in [0.25, 0.3) is 5.91 Å². The summed E-state index contributed by atoms with van der Waals surface area (Å²) in [5, 5.41) is 0. The molecule has 2 saturated heterocycles. The molecule has 2 aromatic rings. The van der Waals surface area contributed by atoms with Crippen LogP contribution in [0, 0.1) is 6.92 Å². The van der Waals surface area contributed by atoms with Gasteiger partial charge in [-0.25, -0.2) is 9.97 Å². The number of amides is 1. The first-order valence-corrected chi connectivity index (χ1v) is 9.92. The van der Waals surface area contributed by atoms with Gasteiger partial charge < -0.3 is 19.3 Å². The highest BCUT2D eigenvalue weighted by Crippen LogP contribution is 2.33. The van der Waals surface area contributed by atoms with Crippen molar-refractivity contribution in [1.29, 1.82) is 0 Å². The van der Waals surface area contributed by atoms with Crippen molar-refractivity contribution in [2.45, 2.75) is 32.0 Å². The number of anilines is 2. The molecule has 28 heavy (non-hydrogen) atoms. The lowest BCUT2D eigenvalue weighted by atomic mass is 10.0. The molecule has 2 fully saturated rings. The van der Waals surface area contributed by atoms with Gasteiger partial charge in [-0.3, -0.25) is 4.79 Å². The largest absolute Gasteiger partial charge is 0.347 e. The normalized spacial score (nSPS) is 20.6. The lowest BCUT2D eigenvalue weighted by Gasteiger charge is -2.37. The third-order valence-electron chi connectivity index (χ3n) is 5.82. The molecule has 0 N–H and O–H groups in total. The monoisotopic (exact) mass is 380 g/mol. The van der Waals surface area contributed by atoms with E-state index in [4.69, 9.17) is 9.47 Å². The van der Waals surface area contributed by atoms with Gasteiger partial charge in [-0.05, 0) is 31.0 Å². The topological polar surface area (TPSA) is 67.8 Å². The average molecular weight is 380 g/mol. The van der Waals surface area contributed by atoms with Crippen LogP contribution >= 0.6 is 0 Å². The Morgan fingerprint density at radius 1 is 1.07 bits per heavy atom. The van der Waals surface area contributed by atoms with Crippen LogP contribution in [0.15, 0.2) is 30.3 Å². The Kier molecular flexibility index (Phi) is 4.29. The number of para-hydroxylation sites is 1. The fourth-order valence-corrected chi connectivity index (χ4v) is 4.32. The van der Waals surface area contributed by atoms with Crippen molar-refractivity contribution >= 4 is 17.5 Å². The van der Waals surface area contributed by atoms with Gasteiger partial charge in [-0.1, -0.05) is 18.2 Å². The summed E-state index contributed by atoms with van der Waals surface area (Å²) in [5.74, 6) is 0.120. The van der Waals surface area contributed by atoms with E-state index in [2.05, 4.69) is 20.9 Å². The van der Waals surface area contributed by atoms with E-state index in [1.807, 2.05) is 30.0 Å². The van der Waals surface area contributed by atoms with Crippen LogP contribution in [0.1, 0.15) is 34.6 Å². The predicted molar refractivity (Wildman–Crippen MR) is 105 cm³/mol. The molecule has 3 aliphatic heterocycles. The molecule has 7 nitrogen and oxygen atoms in total. The molecular weight excluding hydrogens is 356 g/mol. The fourth-order valence-electron chi connectivity index (χ4n) is 4.32. The zero-order valence-corrected chi connectivity index (χ0v) is 16.1. The van der Waals surface area contributed by atoms with E-state index in [9.17, 15) is 4.79 Å². The highest BCUT2D eigenvalue weighted by atomic mass is 16.7. The molecule has 7 heteroatoms. The van der Waals surface area contributed by atoms with Crippen LogP contribution in [-0.2, 0) is 15.9 Å². The molecule has 1 aromatic carbocycles. The van der Waals surface area contributed by atoms with E-state index < -0.39 is 5.79 Å². The lowest BCUT2D eigenvalue weighted by Crippen LogP contribution is -2.46. The lowest BCUT2D eigenvalue weighted by molar-refractivity contribution is -0.169. The van der Waals surface area contributed by atoms with Crippen LogP contribution in [0.2, 0.25) is 0 Å². The molecule has 146 valence electrons. The fraction of sp³-hybridized carbons (Fsp3) is 0.476. The van der Waals surface area contributed by atoms with Crippen molar-refractivity contribution in [3.63, 3.8) is 0 Å². The minimum Gasteiger partial charge on any atom is -0.347 e. The first-order valence-electron chi connectivity index (χ1n) is 9.92. The summed E-state index contributed by atoms with van der Waals surface area (Å²) in [6.07, 6.45) is 2.45. The van der Waals surface area contributed by atoms with Crippen molar-refractivity contribution in [3.05, 3.63) is 47.3 Å². The number of benzene rings is 1. The number of hydrogen-bond acceptors (Lipinski definition) is 6. The summed E-state index contributed by atoms with van der Waals surface area (Å²) < 4.78 is 11.6. The zero-order chi connectivity index (χ0) is 19.1. The van der Waals surface area contributed by atoms with Gasteiger partial charge in [0.2, 0.25) is 5.95 Å². The van der Waals surface area contributed by atoms with E-state index in [0.717, 1.165) is 43.7 Å². The first-order chi connectivity index (χ1) is 13.6. The summed E-state index contributed by atoms with van der Waals surface area (Å²) in [7, 11) is 0. The number of hydrogen-bond donors (Lipinski definition) is 0. The standard InChI is InChI=1S/C21H24N4O3/c1-15-14-17(19(26)25-9-6-16-4-2-3-5-18(16)25)23-20(22-15)24-10-7-21(8-11-24)27-12-13-28-21/h2-5,14H,6-13H2,1H3. The number of aromatic nitrogens is 2. The summed E-state index contributed by atoms with van der Waals surface area (Å²) >= 11 is 0. The maximum atomic E-state index is 13.2. The van der Waals surface area contributed by atoms with E-state index in [0.29, 0.717) is 31.4 Å². The highest BCUT2D eigenvalue weighted by Gasteiger charge is 2.40.